The normalized spacial score (nSPS) is 14.9. The molecule has 7 aromatic rings. The molecule has 2 aliphatic rings. The van der Waals surface area contributed by atoms with Gasteiger partial charge in [0, 0.05) is 27.6 Å². The Bertz CT molecular complexity index is 2380. The van der Waals surface area contributed by atoms with Gasteiger partial charge in [-0.3, -0.25) is 0 Å². The molecule has 0 bridgehead atoms. The van der Waals surface area contributed by atoms with Gasteiger partial charge in [-0.2, -0.15) is 0 Å². The molecule has 1 aromatic heterocycles. The average molecular weight is 621 g/mol. The summed E-state index contributed by atoms with van der Waals surface area (Å²) in [5.41, 5.74) is 18.1. The van der Waals surface area contributed by atoms with E-state index < -0.39 is 0 Å². The quantitative estimate of drug-likeness (QED) is 0.190. The molecule has 2 nitrogen and oxygen atoms in total. The van der Waals surface area contributed by atoms with Gasteiger partial charge in [0.15, 0.2) is 0 Å². The van der Waals surface area contributed by atoms with Crippen LogP contribution in [0.3, 0.4) is 0 Å². The number of aromatic nitrogens is 1. The molecule has 2 heteroatoms. The summed E-state index contributed by atoms with van der Waals surface area (Å²) >= 11 is 0. The third-order valence-corrected chi connectivity index (χ3v) is 11.0. The van der Waals surface area contributed by atoms with Crippen LogP contribution in [0.15, 0.2) is 139 Å². The van der Waals surface area contributed by atoms with E-state index >= 15 is 0 Å². The highest BCUT2D eigenvalue weighted by Gasteiger charge is 2.37. The Morgan fingerprint density at radius 1 is 0.542 bits per heavy atom. The topological polar surface area (TPSA) is 8.17 Å². The maximum absolute atomic E-state index is 2.50. The zero-order valence-corrected chi connectivity index (χ0v) is 28.2. The van der Waals surface area contributed by atoms with Crippen LogP contribution in [0.4, 0.5) is 17.1 Å². The Kier molecular flexibility index (Phi) is 6.52. The predicted octanol–water partition coefficient (Wildman–Crippen LogP) is 12.5. The van der Waals surface area contributed by atoms with Gasteiger partial charge in [0.2, 0.25) is 0 Å². The van der Waals surface area contributed by atoms with E-state index in [4.69, 9.17) is 0 Å². The molecule has 0 atom stereocenters. The van der Waals surface area contributed by atoms with Crippen molar-refractivity contribution in [1.29, 1.82) is 0 Å². The van der Waals surface area contributed by atoms with Crippen LogP contribution in [0, 0.1) is 13.8 Å². The number of hydrogen-bond acceptors (Lipinski definition) is 1. The van der Waals surface area contributed by atoms with Crippen molar-refractivity contribution < 1.29 is 0 Å². The van der Waals surface area contributed by atoms with Gasteiger partial charge >= 0.3 is 0 Å². The maximum atomic E-state index is 2.50. The van der Waals surface area contributed by atoms with E-state index in [0.29, 0.717) is 0 Å². The van der Waals surface area contributed by atoms with E-state index in [2.05, 4.69) is 171 Å². The summed E-state index contributed by atoms with van der Waals surface area (Å²) in [5, 5.41) is 2.58. The molecule has 1 saturated carbocycles. The minimum absolute atomic E-state index is 0.179. The molecule has 234 valence electrons. The van der Waals surface area contributed by atoms with E-state index in [-0.39, 0.29) is 5.41 Å². The molecule has 9 rings (SSSR count). The van der Waals surface area contributed by atoms with Crippen LogP contribution in [-0.2, 0) is 5.41 Å². The molecule has 1 fully saturated rings. The van der Waals surface area contributed by atoms with Gasteiger partial charge in [0.05, 0.1) is 22.4 Å². The first-order valence-corrected chi connectivity index (χ1v) is 17.3. The number of rotatable bonds is 4. The summed E-state index contributed by atoms with van der Waals surface area (Å²) in [7, 11) is 0. The number of aryl methyl sites for hydroxylation is 2. The second kappa shape index (κ2) is 10.9. The van der Waals surface area contributed by atoms with Crippen molar-refractivity contribution in [2.45, 2.75) is 52.4 Å². The van der Waals surface area contributed by atoms with Crippen LogP contribution >= 0.6 is 0 Å². The van der Waals surface area contributed by atoms with Crippen LogP contribution in [-0.4, -0.2) is 4.57 Å². The Morgan fingerprint density at radius 2 is 1.15 bits per heavy atom. The Morgan fingerprint density at radius 3 is 1.85 bits per heavy atom. The minimum atomic E-state index is -0.179. The summed E-state index contributed by atoms with van der Waals surface area (Å²) in [4.78, 5) is 2.47. The Labute approximate surface area is 283 Å². The van der Waals surface area contributed by atoms with Gasteiger partial charge in [-0.25, -0.2) is 0 Å². The van der Waals surface area contributed by atoms with Crippen LogP contribution in [0.5, 0.6) is 0 Å². The molecule has 0 amide bonds. The van der Waals surface area contributed by atoms with Crippen LogP contribution < -0.4 is 4.90 Å². The third kappa shape index (κ3) is 4.32. The van der Waals surface area contributed by atoms with E-state index in [1.54, 1.807) is 5.57 Å². The predicted molar refractivity (Wildman–Crippen MR) is 203 cm³/mol. The van der Waals surface area contributed by atoms with Crippen molar-refractivity contribution in [3.63, 3.8) is 0 Å². The number of benzene rings is 6. The lowest BCUT2D eigenvalue weighted by molar-refractivity contribution is 0.632. The largest absolute Gasteiger partial charge is 0.310 e. The van der Waals surface area contributed by atoms with Gasteiger partial charge in [-0.15, -0.1) is 0 Å². The van der Waals surface area contributed by atoms with Gasteiger partial charge < -0.3 is 9.47 Å². The highest BCUT2D eigenvalue weighted by Crippen LogP contribution is 2.53. The van der Waals surface area contributed by atoms with E-state index in [1.807, 2.05) is 0 Å². The molecule has 6 aromatic carbocycles. The van der Waals surface area contributed by atoms with Gasteiger partial charge in [-0.1, -0.05) is 98.3 Å². The summed E-state index contributed by atoms with van der Waals surface area (Å²) < 4.78 is 2.50. The molecule has 0 spiro atoms. The molecule has 0 saturated heterocycles. The fraction of sp³-hybridized carbons (Fsp3) is 0.174. The summed E-state index contributed by atoms with van der Waals surface area (Å²) in [6.07, 6.45) is 3.68. The zero-order valence-electron chi connectivity index (χ0n) is 28.2. The molecular weight excluding hydrogens is 581 g/mol. The second-order valence-electron chi connectivity index (χ2n) is 14.2. The summed E-state index contributed by atoms with van der Waals surface area (Å²) in [6.45, 7) is 9.24. The summed E-state index contributed by atoms with van der Waals surface area (Å²) in [5.74, 6) is 0. The molecule has 2 heterocycles. The van der Waals surface area contributed by atoms with Gasteiger partial charge in [0.1, 0.15) is 0 Å². The van der Waals surface area contributed by atoms with Crippen molar-refractivity contribution in [1.82, 2.24) is 4.57 Å². The molecule has 0 N–H and O–H groups in total. The number of nitrogens with zero attached hydrogens (tertiary/aromatic N) is 2. The lowest BCUT2D eigenvalue weighted by Gasteiger charge is -2.42. The zero-order chi connectivity index (χ0) is 32.6. The number of hydrogen-bond donors (Lipinski definition) is 0. The number of allylic oxidation sites excluding steroid dienone is 1. The molecule has 48 heavy (non-hydrogen) atoms. The smallest absolute Gasteiger partial charge is 0.0545 e. The van der Waals surface area contributed by atoms with Crippen molar-refractivity contribution in [3.05, 3.63) is 172 Å². The monoisotopic (exact) mass is 620 g/mol. The van der Waals surface area contributed by atoms with Crippen LogP contribution in [0.25, 0.3) is 33.1 Å². The fourth-order valence-electron chi connectivity index (χ4n) is 8.16. The molecule has 0 radical (unpaired) electrons. The lowest BCUT2D eigenvalue weighted by atomic mass is 9.73. The van der Waals surface area contributed by atoms with Crippen molar-refractivity contribution in [3.8, 4) is 5.69 Å². The number of anilines is 3. The highest BCUT2D eigenvalue weighted by molar-refractivity contribution is 6.12. The van der Waals surface area contributed by atoms with Gasteiger partial charge in [-0.05, 0) is 127 Å². The minimum Gasteiger partial charge on any atom is -0.310 e. The van der Waals surface area contributed by atoms with E-state index in [1.165, 1.54) is 103 Å². The first-order valence-electron chi connectivity index (χ1n) is 17.3. The lowest BCUT2D eigenvalue weighted by Crippen LogP contribution is -2.30. The molecule has 1 aliphatic heterocycles. The van der Waals surface area contributed by atoms with E-state index in [0.717, 1.165) is 0 Å². The highest BCUT2D eigenvalue weighted by atomic mass is 15.2. The Hall–Kier alpha value is -5.34. The molecular formula is C46H40N2. The molecule has 1 aliphatic carbocycles. The van der Waals surface area contributed by atoms with Crippen LogP contribution in [0.2, 0.25) is 0 Å². The van der Waals surface area contributed by atoms with Crippen molar-refractivity contribution in [2.75, 3.05) is 4.90 Å². The maximum Gasteiger partial charge on any atom is 0.0545 e. The first kappa shape index (κ1) is 28.8. The summed E-state index contributed by atoms with van der Waals surface area (Å²) in [6, 6.07) is 49.8. The number of para-hydroxylation sites is 2. The first-order chi connectivity index (χ1) is 23.4. The standard InChI is InChI=1S/C46H40N2/c1-30-26-37-38-28-44-40(46(3,4)39-20-11-12-21-41(39)47(44)35-18-9-6-10-19-35)29-43(38)48(42(37)27-31(30)2)36-24-22-34(23-25-36)45(33-16-13-17-33)32-14-7-5-8-15-32/h5-12,14-15,18-29H,13,16-17H2,1-4H3. The second-order valence-corrected chi connectivity index (χ2v) is 14.2. The van der Waals surface area contributed by atoms with Crippen LogP contribution in [0.1, 0.15) is 66.5 Å². The Balaban J connectivity index is 1.29. The average Bonchev–Trinajstić information content (AvgIpc) is 3.39. The van der Waals surface area contributed by atoms with Gasteiger partial charge in [0.25, 0.3) is 0 Å². The third-order valence-electron chi connectivity index (χ3n) is 11.0. The fourth-order valence-corrected chi connectivity index (χ4v) is 8.16. The number of fused-ring (bicyclic) bond motifs is 5. The van der Waals surface area contributed by atoms with Crippen molar-refractivity contribution in [2.24, 2.45) is 0 Å². The molecule has 0 unspecified atom stereocenters. The SMILES string of the molecule is Cc1cc2c3cc4c(cc3n(-c3ccc(C(=C5CCC5)c5ccccc5)cc3)c2cc1C)C(C)(C)c1ccccc1N4c1ccccc1. The van der Waals surface area contributed by atoms with Crippen molar-refractivity contribution >= 4 is 44.4 Å². The van der Waals surface area contributed by atoms with E-state index in [9.17, 15) is 0 Å².